The number of rotatable bonds is 6. The average Bonchev–Trinajstić information content (AvgIpc) is 2.45. The maximum absolute atomic E-state index is 13.7. The molecule has 0 aliphatic heterocycles. The van der Waals surface area contributed by atoms with E-state index in [2.05, 4.69) is 11.9 Å². The molecule has 0 saturated heterocycles. The van der Waals surface area contributed by atoms with Crippen LogP contribution in [0.1, 0.15) is 24.9 Å². The van der Waals surface area contributed by atoms with Crippen LogP contribution in [0.2, 0.25) is 0 Å². The Kier molecular flexibility index (Phi) is 5.90. The topological polar surface area (TPSA) is 69.6 Å². The number of aliphatic carboxylic acids is 1. The van der Waals surface area contributed by atoms with Crippen molar-refractivity contribution in [2.75, 3.05) is 7.05 Å². The van der Waals surface area contributed by atoms with Gasteiger partial charge >= 0.3 is 12.0 Å². The Morgan fingerprint density at radius 2 is 2.10 bits per heavy atom. The maximum Gasteiger partial charge on any atom is 0.326 e. The minimum Gasteiger partial charge on any atom is -0.480 e. The summed E-state index contributed by atoms with van der Waals surface area (Å²) in [7, 11) is 1.49. The van der Waals surface area contributed by atoms with Crippen molar-refractivity contribution >= 4 is 12.0 Å². The zero-order chi connectivity index (χ0) is 16.0. The maximum atomic E-state index is 13.7. The number of hydrogen-bond donors (Lipinski definition) is 2. The van der Waals surface area contributed by atoms with Crippen LogP contribution in [0, 0.1) is 5.82 Å². The van der Waals surface area contributed by atoms with Gasteiger partial charge in [0.05, 0.1) is 6.04 Å². The molecule has 1 rings (SSSR count). The van der Waals surface area contributed by atoms with Crippen molar-refractivity contribution < 1.29 is 19.1 Å². The monoisotopic (exact) mass is 294 g/mol. The summed E-state index contributed by atoms with van der Waals surface area (Å²) in [6.07, 6.45) is 1.53. The molecule has 0 aliphatic carbocycles. The third-order valence-electron chi connectivity index (χ3n) is 3.25. The standard InChI is InChI=1S/C15H19FN2O3/c1-4-7-13(14(19)20)17-15(21)18(3)10(2)11-8-5-6-9-12(11)16/h4-6,8-10,13H,1,7H2,2-3H3,(H,17,21)(H,19,20). The van der Waals surface area contributed by atoms with Gasteiger partial charge in [0.25, 0.3) is 0 Å². The lowest BCUT2D eigenvalue weighted by Gasteiger charge is -2.27. The lowest BCUT2D eigenvalue weighted by atomic mass is 10.1. The van der Waals surface area contributed by atoms with Gasteiger partial charge in [-0.05, 0) is 19.4 Å². The summed E-state index contributed by atoms with van der Waals surface area (Å²) in [6.45, 7) is 5.12. The van der Waals surface area contributed by atoms with Crippen LogP contribution >= 0.6 is 0 Å². The summed E-state index contributed by atoms with van der Waals surface area (Å²) in [5.74, 6) is -1.55. The minimum absolute atomic E-state index is 0.114. The van der Waals surface area contributed by atoms with E-state index in [0.29, 0.717) is 5.56 Å². The minimum atomic E-state index is -1.14. The molecular formula is C15H19FN2O3. The fourth-order valence-corrected chi connectivity index (χ4v) is 1.84. The number of benzene rings is 1. The van der Waals surface area contributed by atoms with Crippen LogP contribution in [0.3, 0.4) is 0 Å². The molecule has 0 aliphatic rings. The van der Waals surface area contributed by atoms with Crippen LogP contribution in [0.4, 0.5) is 9.18 Å². The van der Waals surface area contributed by atoms with Crippen LogP contribution in [0.15, 0.2) is 36.9 Å². The molecule has 1 aromatic carbocycles. The van der Waals surface area contributed by atoms with Crippen molar-refractivity contribution in [3.05, 3.63) is 48.3 Å². The second kappa shape index (κ2) is 7.42. The highest BCUT2D eigenvalue weighted by Crippen LogP contribution is 2.21. The van der Waals surface area contributed by atoms with Crippen LogP contribution in [-0.2, 0) is 4.79 Å². The second-order valence-electron chi connectivity index (χ2n) is 4.67. The normalized spacial score (nSPS) is 13.1. The molecule has 0 aromatic heterocycles. The third-order valence-corrected chi connectivity index (χ3v) is 3.25. The van der Waals surface area contributed by atoms with Crippen LogP contribution in [0.25, 0.3) is 0 Å². The summed E-state index contributed by atoms with van der Waals surface area (Å²) in [5, 5.41) is 11.4. The van der Waals surface area contributed by atoms with E-state index < -0.39 is 29.9 Å². The number of hydrogen-bond acceptors (Lipinski definition) is 2. The van der Waals surface area contributed by atoms with Crippen molar-refractivity contribution in [1.29, 1.82) is 0 Å². The Morgan fingerprint density at radius 3 is 2.62 bits per heavy atom. The average molecular weight is 294 g/mol. The van der Waals surface area contributed by atoms with Gasteiger partial charge in [-0.1, -0.05) is 24.3 Å². The van der Waals surface area contributed by atoms with Gasteiger partial charge in [-0.25, -0.2) is 14.0 Å². The molecule has 2 atom stereocenters. The number of halogens is 1. The molecule has 0 bridgehead atoms. The largest absolute Gasteiger partial charge is 0.480 e. The first kappa shape index (κ1) is 16.7. The summed E-state index contributed by atoms with van der Waals surface area (Å²) in [5.41, 5.74) is 0.366. The van der Waals surface area contributed by atoms with Crippen LogP contribution in [-0.4, -0.2) is 35.1 Å². The molecule has 0 spiro atoms. The van der Waals surface area contributed by atoms with Gasteiger partial charge in [-0.15, -0.1) is 6.58 Å². The first-order valence-corrected chi connectivity index (χ1v) is 6.50. The van der Waals surface area contributed by atoms with E-state index in [4.69, 9.17) is 5.11 Å². The van der Waals surface area contributed by atoms with Gasteiger partial charge in [-0.2, -0.15) is 0 Å². The Balaban J connectivity index is 2.80. The highest BCUT2D eigenvalue weighted by atomic mass is 19.1. The molecular weight excluding hydrogens is 275 g/mol. The van der Waals surface area contributed by atoms with Crippen LogP contribution < -0.4 is 5.32 Å². The summed E-state index contributed by atoms with van der Waals surface area (Å²) < 4.78 is 13.7. The van der Waals surface area contributed by atoms with Crippen molar-refractivity contribution in [1.82, 2.24) is 10.2 Å². The fourth-order valence-electron chi connectivity index (χ4n) is 1.84. The summed E-state index contributed by atoms with van der Waals surface area (Å²) >= 11 is 0. The lowest BCUT2D eigenvalue weighted by molar-refractivity contribution is -0.139. The lowest BCUT2D eigenvalue weighted by Crippen LogP contribution is -2.47. The van der Waals surface area contributed by atoms with E-state index in [-0.39, 0.29) is 6.42 Å². The smallest absolute Gasteiger partial charge is 0.326 e. The van der Waals surface area contributed by atoms with Crippen molar-refractivity contribution in [3.63, 3.8) is 0 Å². The van der Waals surface area contributed by atoms with E-state index in [1.807, 2.05) is 0 Å². The van der Waals surface area contributed by atoms with Crippen molar-refractivity contribution in [2.45, 2.75) is 25.4 Å². The molecule has 0 heterocycles. The van der Waals surface area contributed by atoms with Gasteiger partial charge < -0.3 is 15.3 Å². The summed E-state index contributed by atoms with van der Waals surface area (Å²) in [4.78, 5) is 24.3. The molecule has 0 radical (unpaired) electrons. The number of urea groups is 1. The SMILES string of the molecule is C=CCC(NC(=O)N(C)C(C)c1ccccc1F)C(=O)O. The number of amides is 2. The van der Waals surface area contributed by atoms with Gasteiger partial charge in [0, 0.05) is 12.6 Å². The number of carboxylic acids is 1. The van der Waals surface area contributed by atoms with E-state index in [0.717, 1.165) is 0 Å². The second-order valence-corrected chi connectivity index (χ2v) is 4.67. The highest BCUT2D eigenvalue weighted by Gasteiger charge is 2.24. The molecule has 0 saturated carbocycles. The first-order chi connectivity index (χ1) is 9.88. The Hall–Kier alpha value is -2.37. The van der Waals surface area contributed by atoms with E-state index in [1.54, 1.807) is 25.1 Å². The number of nitrogens with one attached hydrogen (secondary N) is 1. The van der Waals surface area contributed by atoms with Crippen molar-refractivity contribution in [2.24, 2.45) is 0 Å². The Bertz CT molecular complexity index is 533. The molecule has 114 valence electrons. The molecule has 0 fully saturated rings. The van der Waals surface area contributed by atoms with Gasteiger partial charge in [0.2, 0.25) is 0 Å². The first-order valence-electron chi connectivity index (χ1n) is 6.50. The predicted molar refractivity (Wildman–Crippen MR) is 77.3 cm³/mol. The number of nitrogens with zero attached hydrogens (tertiary/aromatic N) is 1. The van der Waals surface area contributed by atoms with E-state index in [9.17, 15) is 14.0 Å². The van der Waals surface area contributed by atoms with E-state index >= 15 is 0 Å². The molecule has 2 N–H and O–H groups in total. The Labute approximate surface area is 123 Å². The third kappa shape index (κ3) is 4.30. The number of carbonyl (C=O) groups is 2. The predicted octanol–water partition coefficient (Wildman–Crippen LogP) is 2.56. The molecule has 1 aromatic rings. The zero-order valence-corrected chi connectivity index (χ0v) is 12.0. The number of carbonyl (C=O) groups excluding carboxylic acids is 1. The van der Waals surface area contributed by atoms with Gasteiger partial charge in [0.15, 0.2) is 0 Å². The van der Waals surface area contributed by atoms with Gasteiger partial charge in [0.1, 0.15) is 11.9 Å². The molecule has 6 heteroatoms. The van der Waals surface area contributed by atoms with Crippen LogP contribution in [0.5, 0.6) is 0 Å². The molecule has 5 nitrogen and oxygen atoms in total. The molecule has 21 heavy (non-hydrogen) atoms. The Morgan fingerprint density at radius 1 is 1.48 bits per heavy atom. The highest BCUT2D eigenvalue weighted by molar-refractivity contribution is 5.82. The number of carboxylic acid groups (broad SMARTS) is 1. The zero-order valence-electron chi connectivity index (χ0n) is 12.0. The fraction of sp³-hybridized carbons (Fsp3) is 0.333. The van der Waals surface area contributed by atoms with Crippen molar-refractivity contribution in [3.8, 4) is 0 Å². The summed E-state index contributed by atoms with van der Waals surface area (Å²) in [6, 6.07) is 3.99. The quantitative estimate of drug-likeness (QED) is 0.792. The van der Waals surface area contributed by atoms with E-state index in [1.165, 1.54) is 24.1 Å². The van der Waals surface area contributed by atoms with Gasteiger partial charge in [-0.3, -0.25) is 0 Å². The molecule has 2 unspecified atom stereocenters. The molecule has 2 amide bonds.